The molecule has 1 aliphatic heterocycles. The van der Waals surface area contributed by atoms with Crippen molar-refractivity contribution in [3.63, 3.8) is 0 Å². The molecular formula is C27H26N2O7S2. The first-order valence-electron chi connectivity index (χ1n) is 12.0. The predicted octanol–water partition coefficient (Wildman–Crippen LogP) is 3.89. The molecule has 2 aliphatic rings. The molecule has 0 fully saturated rings. The molecule has 2 heterocycles. The monoisotopic (exact) mass is 554 g/mol. The predicted molar refractivity (Wildman–Crippen MR) is 143 cm³/mol. The number of hydrogen-bond donors (Lipinski definition) is 1. The molecule has 0 bridgehead atoms. The highest BCUT2D eigenvalue weighted by molar-refractivity contribution is 7.94. The molecule has 0 spiro atoms. The van der Waals surface area contributed by atoms with Gasteiger partial charge in [0.05, 0.1) is 23.5 Å². The summed E-state index contributed by atoms with van der Waals surface area (Å²) < 4.78 is 54.7. The van der Waals surface area contributed by atoms with Crippen molar-refractivity contribution in [1.82, 2.24) is 9.71 Å². The number of nitrogens with zero attached hydrogens (tertiary/aromatic N) is 1. The first kappa shape index (κ1) is 25.9. The van der Waals surface area contributed by atoms with Gasteiger partial charge in [-0.15, -0.1) is 0 Å². The van der Waals surface area contributed by atoms with Crippen LogP contribution >= 0.6 is 0 Å². The van der Waals surface area contributed by atoms with E-state index in [9.17, 15) is 17.4 Å². The third-order valence-electron chi connectivity index (χ3n) is 6.09. The van der Waals surface area contributed by atoms with Crippen molar-refractivity contribution in [2.24, 2.45) is 0 Å². The number of pyridine rings is 1. The number of carbonyl (C=O) groups is 1. The van der Waals surface area contributed by atoms with Gasteiger partial charge >= 0.3 is 0 Å². The van der Waals surface area contributed by atoms with E-state index in [1.54, 1.807) is 30.5 Å². The Morgan fingerprint density at radius 1 is 1.08 bits per heavy atom. The number of ether oxygens (including phenoxy) is 3. The maximum Gasteiger partial charge on any atom is 0.257 e. The fraction of sp³-hybridized carbons (Fsp3) is 0.259. The zero-order chi connectivity index (χ0) is 26.7. The topological polar surface area (TPSA) is 121 Å². The largest absolute Gasteiger partial charge is 0.486 e. The standard InChI is InChI=1S/C27H26N2O7S2/c1-38(32,33)15-3-14-34-27-13-10-20(17-28-27)36-23-5-2-4-21-22(23)11-12-24(21)35-19-8-6-18(7-9-19)25-16-26(30)29-37(25)31/h2,4-10,13,16-17,24H,3,11-12,14-15H2,1H3,(H,29,30)/t24-,37?/m1/s1. The third kappa shape index (κ3) is 6.22. The smallest absolute Gasteiger partial charge is 0.257 e. The number of benzene rings is 2. The van der Waals surface area contributed by atoms with Crippen LogP contribution in [0.2, 0.25) is 0 Å². The molecule has 38 heavy (non-hydrogen) atoms. The molecule has 3 aromatic rings. The number of aromatic nitrogens is 1. The van der Waals surface area contributed by atoms with E-state index in [-0.39, 0.29) is 24.4 Å². The van der Waals surface area contributed by atoms with Gasteiger partial charge < -0.3 is 14.2 Å². The van der Waals surface area contributed by atoms with Gasteiger partial charge in [-0.3, -0.25) is 9.52 Å². The zero-order valence-electron chi connectivity index (χ0n) is 20.6. The fourth-order valence-electron chi connectivity index (χ4n) is 4.34. The van der Waals surface area contributed by atoms with E-state index in [2.05, 4.69) is 9.71 Å². The van der Waals surface area contributed by atoms with Crippen LogP contribution in [-0.2, 0) is 32.0 Å². The average molecular weight is 555 g/mol. The zero-order valence-corrected chi connectivity index (χ0v) is 22.2. The Hall–Kier alpha value is -3.70. The maximum atomic E-state index is 12.0. The average Bonchev–Trinajstić information content (AvgIpc) is 3.45. The summed E-state index contributed by atoms with van der Waals surface area (Å²) in [5.41, 5.74) is 2.83. The second kappa shape index (κ2) is 11.0. The van der Waals surface area contributed by atoms with Crippen LogP contribution in [0.15, 0.2) is 66.9 Å². The number of hydrogen-bond acceptors (Lipinski definition) is 8. The second-order valence-corrected chi connectivity index (χ2v) is 12.4. The lowest BCUT2D eigenvalue weighted by molar-refractivity contribution is -0.114. The molecule has 1 aromatic heterocycles. The Labute approximate surface area is 223 Å². The van der Waals surface area contributed by atoms with Crippen molar-refractivity contribution in [2.75, 3.05) is 18.6 Å². The summed E-state index contributed by atoms with van der Waals surface area (Å²) in [5, 5.41) is 0. The van der Waals surface area contributed by atoms with Crippen LogP contribution in [0, 0.1) is 0 Å². The normalized spacial score (nSPS) is 18.4. The van der Waals surface area contributed by atoms with Crippen molar-refractivity contribution >= 4 is 31.6 Å². The van der Waals surface area contributed by atoms with Gasteiger partial charge in [0, 0.05) is 24.0 Å². The van der Waals surface area contributed by atoms with E-state index >= 15 is 0 Å². The summed E-state index contributed by atoms with van der Waals surface area (Å²) >= 11 is 0. The Morgan fingerprint density at radius 3 is 2.55 bits per heavy atom. The molecule has 0 saturated heterocycles. The lowest BCUT2D eigenvalue weighted by Crippen LogP contribution is -2.16. The lowest BCUT2D eigenvalue weighted by Gasteiger charge is -2.16. The van der Waals surface area contributed by atoms with Gasteiger partial charge in [-0.05, 0) is 54.7 Å². The van der Waals surface area contributed by atoms with Gasteiger partial charge in [-0.2, -0.15) is 0 Å². The first-order valence-corrected chi connectivity index (χ1v) is 15.2. The molecule has 5 rings (SSSR count). The van der Waals surface area contributed by atoms with Crippen LogP contribution in [0.1, 0.15) is 35.6 Å². The number of amides is 1. The van der Waals surface area contributed by atoms with Crippen LogP contribution in [0.4, 0.5) is 0 Å². The van der Waals surface area contributed by atoms with Crippen molar-refractivity contribution in [3.05, 3.63) is 83.6 Å². The SMILES string of the molecule is CS(=O)(=O)CCCOc1ccc(Oc2cccc3c2CC[C@H]3Oc2ccc(C3=CC(=O)NS3=O)cc2)cn1. The van der Waals surface area contributed by atoms with Crippen LogP contribution in [0.3, 0.4) is 0 Å². The van der Waals surface area contributed by atoms with Crippen LogP contribution in [0.5, 0.6) is 23.1 Å². The van der Waals surface area contributed by atoms with E-state index in [0.717, 1.165) is 29.7 Å². The third-order valence-corrected chi connectivity index (χ3v) is 8.26. The van der Waals surface area contributed by atoms with Crippen molar-refractivity contribution in [1.29, 1.82) is 0 Å². The van der Waals surface area contributed by atoms with Gasteiger partial charge in [-0.1, -0.05) is 24.3 Å². The summed E-state index contributed by atoms with van der Waals surface area (Å²) in [5.74, 6) is 2.10. The van der Waals surface area contributed by atoms with Crippen LogP contribution in [0.25, 0.3) is 4.91 Å². The Balaban J connectivity index is 1.21. The van der Waals surface area contributed by atoms with E-state index in [1.165, 1.54) is 12.3 Å². The first-order chi connectivity index (χ1) is 18.2. The van der Waals surface area contributed by atoms with Crippen LogP contribution in [-0.4, -0.2) is 42.1 Å². The fourth-order valence-corrected chi connectivity index (χ4v) is 5.90. The molecule has 9 nitrogen and oxygen atoms in total. The summed E-state index contributed by atoms with van der Waals surface area (Å²) in [7, 11) is -4.54. The number of sulfone groups is 1. The summed E-state index contributed by atoms with van der Waals surface area (Å²) in [6, 6.07) is 16.5. The minimum absolute atomic E-state index is 0.0730. The molecule has 0 saturated carbocycles. The lowest BCUT2D eigenvalue weighted by atomic mass is 10.1. The minimum atomic E-state index is -3.01. The molecule has 11 heteroatoms. The Morgan fingerprint density at radius 2 is 1.87 bits per heavy atom. The van der Waals surface area contributed by atoms with Crippen molar-refractivity contribution in [2.45, 2.75) is 25.4 Å². The van der Waals surface area contributed by atoms with Gasteiger partial charge in [0.1, 0.15) is 33.2 Å². The highest BCUT2D eigenvalue weighted by Gasteiger charge is 2.27. The Kier molecular flexibility index (Phi) is 7.48. The van der Waals surface area contributed by atoms with Crippen molar-refractivity contribution < 1.29 is 31.6 Å². The maximum absolute atomic E-state index is 12.0. The van der Waals surface area contributed by atoms with Gasteiger partial charge in [0.25, 0.3) is 5.91 Å². The van der Waals surface area contributed by atoms with E-state index in [4.69, 9.17) is 14.2 Å². The summed E-state index contributed by atoms with van der Waals surface area (Å²) in [4.78, 5) is 16.1. The molecule has 198 valence electrons. The van der Waals surface area contributed by atoms with E-state index in [1.807, 2.05) is 30.3 Å². The molecule has 0 radical (unpaired) electrons. The molecular weight excluding hydrogens is 528 g/mol. The van der Waals surface area contributed by atoms with E-state index in [0.29, 0.717) is 34.3 Å². The number of rotatable bonds is 10. The molecule has 1 aliphatic carbocycles. The quantitative estimate of drug-likeness (QED) is 0.375. The molecule has 2 atom stereocenters. The van der Waals surface area contributed by atoms with Gasteiger partial charge in [0.15, 0.2) is 11.0 Å². The molecule has 2 aromatic carbocycles. The molecule has 1 unspecified atom stereocenters. The molecule has 1 amide bonds. The molecule has 1 N–H and O–H groups in total. The number of nitrogens with one attached hydrogen (secondary N) is 1. The van der Waals surface area contributed by atoms with Gasteiger partial charge in [0.2, 0.25) is 5.88 Å². The highest BCUT2D eigenvalue weighted by Crippen LogP contribution is 2.41. The van der Waals surface area contributed by atoms with Crippen LogP contribution < -0.4 is 18.9 Å². The van der Waals surface area contributed by atoms with Gasteiger partial charge in [-0.25, -0.2) is 17.6 Å². The summed E-state index contributed by atoms with van der Waals surface area (Å²) in [6.07, 6.45) is 5.98. The summed E-state index contributed by atoms with van der Waals surface area (Å²) in [6.45, 7) is 0.269. The number of fused-ring (bicyclic) bond motifs is 1. The second-order valence-electron chi connectivity index (χ2n) is 9.00. The van der Waals surface area contributed by atoms with E-state index < -0.39 is 20.8 Å². The Bertz CT molecular complexity index is 1500. The highest BCUT2D eigenvalue weighted by atomic mass is 32.2. The minimum Gasteiger partial charge on any atom is -0.486 e. The number of carbonyl (C=O) groups excluding carboxylic acids is 1. The van der Waals surface area contributed by atoms with Crippen molar-refractivity contribution in [3.8, 4) is 23.1 Å².